The fraction of sp³-hybridized carbons (Fsp3) is 0.455. The fourth-order valence-electron chi connectivity index (χ4n) is 1.56. The smallest absolute Gasteiger partial charge is 0.236 e. The minimum Gasteiger partial charge on any atom is -0.368 e. The van der Waals surface area contributed by atoms with Crippen molar-refractivity contribution in [2.45, 2.75) is 26.4 Å². The number of carbonyl (C=O) groups excluding carboxylic acids is 1. The summed E-state index contributed by atoms with van der Waals surface area (Å²) >= 11 is 0. The maximum Gasteiger partial charge on any atom is 0.236 e. The van der Waals surface area contributed by atoms with Crippen LogP contribution in [-0.4, -0.2) is 23.5 Å². The van der Waals surface area contributed by atoms with E-state index in [-0.39, 0.29) is 18.5 Å². The van der Waals surface area contributed by atoms with Gasteiger partial charge in [0.2, 0.25) is 5.91 Å². The SMILES string of the molecule is CC(C)N(CC(N)=O)c1cccnc1CN. The first kappa shape index (κ1) is 12.4. The third kappa shape index (κ3) is 2.93. The van der Waals surface area contributed by atoms with Crippen molar-refractivity contribution in [2.24, 2.45) is 11.5 Å². The topological polar surface area (TPSA) is 85.2 Å². The van der Waals surface area contributed by atoms with E-state index in [4.69, 9.17) is 11.5 Å². The van der Waals surface area contributed by atoms with Gasteiger partial charge in [-0.3, -0.25) is 9.78 Å². The summed E-state index contributed by atoms with van der Waals surface area (Å²) < 4.78 is 0. The predicted molar refractivity (Wildman–Crippen MR) is 63.8 cm³/mol. The van der Waals surface area contributed by atoms with Crippen molar-refractivity contribution in [1.29, 1.82) is 0 Å². The Hall–Kier alpha value is -1.62. The van der Waals surface area contributed by atoms with Gasteiger partial charge in [-0.15, -0.1) is 0 Å². The molecule has 1 heterocycles. The number of anilines is 1. The lowest BCUT2D eigenvalue weighted by Crippen LogP contribution is -2.39. The van der Waals surface area contributed by atoms with Gasteiger partial charge in [-0.25, -0.2) is 0 Å². The van der Waals surface area contributed by atoms with Crippen molar-refractivity contribution in [2.75, 3.05) is 11.4 Å². The van der Waals surface area contributed by atoms with Crippen LogP contribution in [0.15, 0.2) is 18.3 Å². The van der Waals surface area contributed by atoms with E-state index >= 15 is 0 Å². The molecule has 0 saturated heterocycles. The molecule has 1 aromatic rings. The zero-order valence-corrected chi connectivity index (χ0v) is 9.68. The Bertz CT molecular complexity index is 365. The number of primary amides is 1. The first-order valence-corrected chi connectivity index (χ1v) is 5.25. The van der Waals surface area contributed by atoms with Crippen molar-refractivity contribution in [3.05, 3.63) is 24.0 Å². The zero-order chi connectivity index (χ0) is 12.1. The lowest BCUT2D eigenvalue weighted by molar-refractivity contribution is -0.116. The fourth-order valence-corrected chi connectivity index (χ4v) is 1.56. The van der Waals surface area contributed by atoms with Gasteiger partial charge in [0, 0.05) is 18.8 Å². The van der Waals surface area contributed by atoms with Crippen molar-refractivity contribution >= 4 is 11.6 Å². The number of rotatable bonds is 5. The van der Waals surface area contributed by atoms with Crippen molar-refractivity contribution in [3.8, 4) is 0 Å². The lowest BCUT2D eigenvalue weighted by Gasteiger charge is -2.28. The summed E-state index contributed by atoms with van der Waals surface area (Å²) in [5.41, 5.74) is 12.5. The average molecular weight is 222 g/mol. The Morgan fingerprint density at radius 1 is 1.56 bits per heavy atom. The van der Waals surface area contributed by atoms with Crippen LogP contribution in [0.2, 0.25) is 0 Å². The molecule has 0 aliphatic rings. The van der Waals surface area contributed by atoms with Gasteiger partial charge in [0.1, 0.15) is 0 Å². The molecule has 0 unspecified atom stereocenters. The second-order valence-electron chi connectivity index (χ2n) is 3.86. The Balaban J connectivity index is 3.05. The van der Waals surface area contributed by atoms with Gasteiger partial charge < -0.3 is 16.4 Å². The Morgan fingerprint density at radius 3 is 2.75 bits per heavy atom. The van der Waals surface area contributed by atoms with Crippen molar-refractivity contribution < 1.29 is 4.79 Å². The van der Waals surface area contributed by atoms with Gasteiger partial charge in [-0.1, -0.05) is 0 Å². The molecular formula is C11H18N4O. The Morgan fingerprint density at radius 2 is 2.25 bits per heavy atom. The molecular weight excluding hydrogens is 204 g/mol. The Labute approximate surface area is 95.4 Å². The van der Waals surface area contributed by atoms with Crippen molar-refractivity contribution in [3.63, 3.8) is 0 Å². The van der Waals surface area contributed by atoms with Gasteiger partial charge in [-0.05, 0) is 26.0 Å². The third-order valence-corrected chi connectivity index (χ3v) is 2.32. The summed E-state index contributed by atoms with van der Waals surface area (Å²) in [6, 6.07) is 3.89. The monoisotopic (exact) mass is 222 g/mol. The minimum absolute atomic E-state index is 0.169. The molecule has 5 heteroatoms. The molecule has 0 radical (unpaired) electrons. The molecule has 0 fully saturated rings. The molecule has 4 N–H and O–H groups in total. The number of pyridine rings is 1. The molecule has 0 aliphatic heterocycles. The third-order valence-electron chi connectivity index (χ3n) is 2.32. The summed E-state index contributed by atoms with van der Waals surface area (Å²) in [5, 5.41) is 0. The second-order valence-corrected chi connectivity index (χ2v) is 3.86. The van der Waals surface area contributed by atoms with Gasteiger partial charge in [-0.2, -0.15) is 0 Å². The number of hydrogen-bond donors (Lipinski definition) is 2. The van der Waals surface area contributed by atoms with E-state index in [0.717, 1.165) is 11.4 Å². The van der Waals surface area contributed by atoms with Crippen LogP contribution in [0.5, 0.6) is 0 Å². The average Bonchev–Trinajstić information content (AvgIpc) is 2.25. The standard InChI is InChI=1S/C11H18N4O/c1-8(2)15(7-11(13)16)10-4-3-5-14-9(10)6-12/h3-5,8H,6-7,12H2,1-2H3,(H2,13,16). The molecule has 0 spiro atoms. The molecule has 0 aliphatic carbocycles. The molecule has 88 valence electrons. The summed E-state index contributed by atoms with van der Waals surface area (Å²) in [4.78, 5) is 17.1. The van der Waals surface area contributed by atoms with E-state index in [0.29, 0.717) is 6.54 Å². The maximum absolute atomic E-state index is 11.0. The van der Waals surface area contributed by atoms with Crippen molar-refractivity contribution in [1.82, 2.24) is 4.98 Å². The van der Waals surface area contributed by atoms with E-state index in [1.807, 2.05) is 30.9 Å². The van der Waals surface area contributed by atoms with Gasteiger partial charge in [0.15, 0.2) is 0 Å². The summed E-state index contributed by atoms with van der Waals surface area (Å²) in [6.07, 6.45) is 1.69. The molecule has 0 bridgehead atoms. The number of amides is 1. The number of nitrogens with zero attached hydrogens (tertiary/aromatic N) is 2. The van der Waals surface area contributed by atoms with Crippen LogP contribution < -0.4 is 16.4 Å². The lowest BCUT2D eigenvalue weighted by atomic mass is 10.2. The zero-order valence-electron chi connectivity index (χ0n) is 9.68. The van der Waals surface area contributed by atoms with Gasteiger partial charge in [0.05, 0.1) is 17.9 Å². The molecule has 5 nitrogen and oxygen atoms in total. The van der Waals surface area contributed by atoms with Crippen LogP contribution in [0.3, 0.4) is 0 Å². The van der Waals surface area contributed by atoms with Crippen LogP contribution in [0, 0.1) is 0 Å². The molecule has 0 atom stereocenters. The normalized spacial score (nSPS) is 10.5. The molecule has 0 aromatic carbocycles. The first-order chi connectivity index (χ1) is 7.56. The summed E-state index contributed by atoms with van der Waals surface area (Å²) in [5.74, 6) is -0.361. The maximum atomic E-state index is 11.0. The first-order valence-electron chi connectivity index (χ1n) is 5.25. The van der Waals surface area contributed by atoms with E-state index < -0.39 is 0 Å². The molecule has 1 aromatic heterocycles. The van der Waals surface area contributed by atoms with Crippen LogP contribution >= 0.6 is 0 Å². The highest BCUT2D eigenvalue weighted by molar-refractivity contribution is 5.80. The van der Waals surface area contributed by atoms with E-state index in [9.17, 15) is 4.79 Å². The second kappa shape index (κ2) is 5.46. The summed E-state index contributed by atoms with van der Waals surface area (Å²) in [7, 11) is 0. The van der Waals surface area contributed by atoms with E-state index in [1.54, 1.807) is 6.20 Å². The minimum atomic E-state index is -0.361. The number of nitrogens with two attached hydrogens (primary N) is 2. The van der Waals surface area contributed by atoms with Crippen LogP contribution in [0.4, 0.5) is 5.69 Å². The van der Waals surface area contributed by atoms with Crippen LogP contribution in [0.25, 0.3) is 0 Å². The highest BCUT2D eigenvalue weighted by atomic mass is 16.1. The molecule has 16 heavy (non-hydrogen) atoms. The van der Waals surface area contributed by atoms with Crippen LogP contribution in [-0.2, 0) is 11.3 Å². The predicted octanol–water partition coefficient (Wildman–Crippen LogP) is 0.240. The van der Waals surface area contributed by atoms with E-state index in [1.165, 1.54) is 0 Å². The number of aromatic nitrogens is 1. The number of hydrogen-bond acceptors (Lipinski definition) is 4. The highest BCUT2D eigenvalue weighted by Gasteiger charge is 2.16. The Kier molecular flexibility index (Phi) is 4.25. The van der Waals surface area contributed by atoms with E-state index in [2.05, 4.69) is 4.98 Å². The quantitative estimate of drug-likeness (QED) is 0.747. The summed E-state index contributed by atoms with van der Waals surface area (Å²) in [6.45, 7) is 4.51. The molecule has 0 saturated carbocycles. The largest absolute Gasteiger partial charge is 0.368 e. The van der Waals surface area contributed by atoms with Gasteiger partial charge >= 0.3 is 0 Å². The highest BCUT2D eigenvalue weighted by Crippen LogP contribution is 2.19. The van der Waals surface area contributed by atoms with Crippen LogP contribution in [0.1, 0.15) is 19.5 Å². The molecule has 1 amide bonds. The van der Waals surface area contributed by atoms with Gasteiger partial charge in [0.25, 0.3) is 0 Å². The molecule has 1 rings (SSSR count). The number of carbonyl (C=O) groups is 1.